The number of hydrogen-bond donors (Lipinski definition) is 0. The number of nitriles is 1. The summed E-state index contributed by atoms with van der Waals surface area (Å²) in [6.45, 7) is 10.4. The molecule has 2 saturated heterocycles. The molecular weight excluding hydrogens is 416 g/mol. The van der Waals surface area contributed by atoms with Gasteiger partial charge in [0.05, 0.1) is 4.91 Å². The second kappa shape index (κ2) is 8.94. The maximum atomic E-state index is 13.0. The number of hydrogen-bond acceptors (Lipinski definition) is 6. The molecule has 2 aliphatic rings. The van der Waals surface area contributed by atoms with Gasteiger partial charge in [-0.25, -0.2) is 0 Å². The van der Waals surface area contributed by atoms with Crippen molar-refractivity contribution in [1.82, 2.24) is 9.47 Å². The molecule has 0 spiro atoms. The molecule has 1 aromatic heterocycles. The van der Waals surface area contributed by atoms with Crippen molar-refractivity contribution in [1.29, 1.82) is 5.26 Å². The molecule has 8 heteroatoms. The fourth-order valence-corrected chi connectivity index (χ4v) is 5.39. The van der Waals surface area contributed by atoms with Crippen molar-refractivity contribution in [2.75, 3.05) is 24.5 Å². The van der Waals surface area contributed by atoms with Crippen LogP contribution in [0.25, 0.3) is 6.08 Å². The maximum absolute atomic E-state index is 13.0. The molecule has 0 aliphatic carbocycles. The van der Waals surface area contributed by atoms with Gasteiger partial charge in [-0.05, 0) is 43.2 Å². The molecule has 3 heterocycles. The van der Waals surface area contributed by atoms with Gasteiger partial charge in [0.1, 0.15) is 21.8 Å². The molecule has 3 rings (SSSR count). The zero-order valence-corrected chi connectivity index (χ0v) is 19.8. The molecule has 1 unspecified atom stereocenters. The summed E-state index contributed by atoms with van der Waals surface area (Å²) < 4.78 is 2.11. The van der Waals surface area contributed by atoms with Crippen LogP contribution in [0.4, 0.5) is 5.82 Å². The molecule has 1 aromatic rings. The van der Waals surface area contributed by atoms with Crippen LogP contribution in [-0.2, 0) is 11.8 Å². The molecule has 1 amide bonds. The summed E-state index contributed by atoms with van der Waals surface area (Å²) in [5, 5.41) is 9.59. The van der Waals surface area contributed by atoms with Crippen LogP contribution in [0.3, 0.4) is 0 Å². The van der Waals surface area contributed by atoms with Gasteiger partial charge in [0.2, 0.25) is 0 Å². The fraction of sp³-hybridized carbons (Fsp3) is 0.545. The summed E-state index contributed by atoms with van der Waals surface area (Å²) in [4.78, 5) is 30.2. The SMILES string of the molecule is Cc1c(/C=C2\SC(=S)N(CC(C)C)C2=O)c(N2CCCC(C)C2)n(C)c(=O)c1C#N. The molecular formula is C22H28N4O2S2. The molecule has 0 bridgehead atoms. The fourth-order valence-electron chi connectivity index (χ4n) is 4.13. The number of piperidine rings is 1. The van der Waals surface area contributed by atoms with Crippen LogP contribution in [-0.4, -0.2) is 39.3 Å². The van der Waals surface area contributed by atoms with Crippen LogP contribution in [0.1, 0.15) is 50.3 Å². The van der Waals surface area contributed by atoms with E-state index in [2.05, 4.69) is 17.9 Å². The van der Waals surface area contributed by atoms with E-state index in [0.717, 1.165) is 37.3 Å². The third kappa shape index (κ3) is 4.19. The van der Waals surface area contributed by atoms with Gasteiger partial charge in [0, 0.05) is 32.2 Å². The Labute approximate surface area is 187 Å². The minimum absolute atomic E-state index is 0.108. The normalized spacial score (nSPS) is 21.1. The van der Waals surface area contributed by atoms with E-state index in [1.165, 1.54) is 11.8 Å². The molecule has 6 nitrogen and oxygen atoms in total. The number of carbonyl (C=O) groups excluding carboxylic acids is 1. The number of aromatic nitrogens is 1. The highest BCUT2D eigenvalue weighted by molar-refractivity contribution is 8.26. The van der Waals surface area contributed by atoms with Gasteiger partial charge in [-0.2, -0.15) is 5.26 Å². The highest BCUT2D eigenvalue weighted by atomic mass is 32.2. The quantitative estimate of drug-likeness (QED) is 0.521. The Hall–Kier alpha value is -2.11. The van der Waals surface area contributed by atoms with Gasteiger partial charge in [0.25, 0.3) is 11.5 Å². The molecule has 2 fully saturated rings. The van der Waals surface area contributed by atoms with Crippen molar-refractivity contribution in [2.24, 2.45) is 18.9 Å². The molecule has 0 N–H and O–H groups in total. The highest BCUT2D eigenvalue weighted by Gasteiger charge is 2.33. The molecule has 0 saturated carbocycles. The summed E-state index contributed by atoms with van der Waals surface area (Å²) in [6.07, 6.45) is 4.02. The average molecular weight is 445 g/mol. The number of nitrogens with zero attached hydrogens (tertiary/aromatic N) is 4. The van der Waals surface area contributed by atoms with E-state index in [1.807, 2.05) is 19.9 Å². The molecule has 0 radical (unpaired) electrons. The first kappa shape index (κ1) is 22.6. The lowest BCUT2D eigenvalue weighted by atomic mass is 9.98. The predicted octanol–water partition coefficient (Wildman–Crippen LogP) is 3.66. The van der Waals surface area contributed by atoms with Crippen molar-refractivity contribution in [3.05, 3.63) is 31.9 Å². The van der Waals surface area contributed by atoms with Gasteiger partial charge >= 0.3 is 0 Å². The Morgan fingerprint density at radius 1 is 1.37 bits per heavy atom. The Bertz CT molecular complexity index is 1020. The number of thioether (sulfide) groups is 1. The van der Waals surface area contributed by atoms with Crippen molar-refractivity contribution in [3.63, 3.8) is 0 Å². The third-order valence-electron chi connectivity index (χ3n) is 5.62. The van der Waals surface area contributed by atoms with E-state index < -0.39 is 0 Å². The number of pyridine rings is 1. The summed E-state index contributed by atoms with van der Waals surface area (Å²) in [5.41, 5.74) is 1.19. The lowest BCUT2D eigenvalue weighted by molar-refractivity contribution is -0.122. The first-order valence-electron chi connectivity index (χ1n) is 10.3. The minimum Gasteiger partial charge on any atom is -0.357 e. The zero-order chi connectivity index (χ0) is 22.2. The number of carbonyl (C=O) groups is 1. The van der Waals surface area contributed by atoms with Crippen LogP contribution in [0.2, 0.25) is 0 Å². The molecule has 1 atom stereocenters. The van der Waals surface area contributed by atoms with Gasteiger partial charge in [-0.3, -0.25) is 19.1 Å². The van der Waals surface area contributed by atoms with Gasteiger partial charge < -0.3 is 4.90 Å². The van der Waals surface area contributed by atoms with Gasteiger partial charge in [0.15, 0.2) is 0 Å². The summed E-state index contributed by atoms with van der Waals surface area (Å²) >= 11 is 6.73. The molecule has 2 aliphatic heterocycles. The van der Waals surface area contributed by atoms with Crippen LogP contribution in [0.5, 0.6) is 0 Å². The maximum Gasteiger partial charge on any atom is 0.270 e. The number of anilines is 1. The number of rotatable bonds is 4. The van der Waals surface area contributed by atoms with Crippen molar-refractivity contribution >= 4 is 46.1 Å². The lowest BCUT2D eigenvalue weighted by Gasteiger charge is -2.35. The second-order valence-electron chi connectivity index (χ2n) is 8.59. The molecule has 160 valence electrons. The second-order valence-corrected chi connectivity index (χ2v) is 10.3. The number of amides is 1. The van der Waals surface area contributed by atoms with Gasteiger partial charge in [-0.15, -0.1) is 0 Å². The van der Waals surface area contributed by atoms with E-state index in [1.54, 1.807) is 23.4 Å². The smallest absolute Gasteiger partial charge is 0.270 e. The summed E-state index contributed by atoms with van der Waals surface area (Å²) in [5.74, 6) is 1.49. The van der Waals surface area contributed by atoms with E-state index in [4.69, 9.17) is 12.2 Å². The average Bonchev–Trinajstić information content (AvgIpc) is 2.94. The largest absolute Gasteiger partial charge is 0.357 e. The first-order chi connectivity index (χ1) is 14.1. The summed E-state index contributed by atoms with van der Waals surface area (Å²) in [7, 11) is 1.71. The van der Waals surface area contributed by atoms with Crippen molar-refractivity contribution < 1.29 is 4.79 Å². The standard InChI is InChI=1S/C22H28N4O2S2/c1-13(2)11-26-21(28)18(30-22(26)29)9-16-15(4)17(10-23)20(27)24(5)19(16)25-8-6-7-14(3)12-25/h9,13-14H,6-8,11-12H2,1-5H3/b18-9-. The topological polar surface area (TPSA) is 69.3 Å². The lowest BCUT2D eigenvalue weighted by Crippen LogP contribution is -2.39. The first-order valence-corrected chi connectivity index (χ1v) is 11.5. The Balaban J connectivity index is 2.16. The highest BCUT2D eigenvalue weighted by Crippen LogP contribution is 2.36. The van der Waals surface area contributed by atoms with Crippen LogP contribution < -0.4 is 10.5 Å². The minimum atomic E-state index is -0.298. The molecule has 30 heavy (non-hydrogen) atoms. The Morgan fingerprint density at radius 2 is 2.07 bits per heavy atom. The van der Waals surface area contributed by atoms with Crippen LogP contribution >= 0.6 is 24.0 Å². The molecule has 0 aromatic carbocycles. The van der Waals surface area contributed by atoms with Crippen molar-refractivity contribution in [3.8, 4) is 6.07 Å². The Kier molecular flexibility index (Phi) is 6.73. The van der Waals surface area contributed by atoms with Crippen LogP contribution in [0.15, 0.2) is 9.70 Å². The van der Waals surface area contributed by atoms with E-state index >= 15 is 0 Å². The number of thiocarbonyl (C=S) groups is 1. The Morgan fingerprint density at radius 3 is 2.67 bits per heavy atom. The van der Waals surface area contributed by atoms with E-state index in [9.17, 15) is 14.9 Å². The third-order valence-corrected chi connectivity index (χ3v) is 7.00. The van der Waals surface area contributed by atoms with Gasteiger partial charge in [-0.1, -0.05) is 44.8 Å². The van der Waals surface area contributed by atoms with Crippen LogP contribution in [0, 0.1) is 30.1 Å². The van der Waals surface area contributed by atoms with Crippen molar-refractivity contribution in [2.45, 2.75) is 40.5 Å². The predicted molar refractivity (Wildman–Crippen MR) is 126 cm³/mol. The van der Waals surface area contributed by atoms with E-state index in [-0.39, 0.29) is 17.0 Å². The summed E-state index contributed by atoms with van der Waals surface area (Å²) in [6, 6.07) is 2.05. The zero-order valence-electron chi connectivity index (χ0n) is 18.2. The van der Waals surface area contributed by atoms with E-state index in [0.29, 0.717) is 33.2 Å². The monoisotopic (exact) mass is 444 g/mol.